The number of fused-ring (bicyclic) bond motifs is 1. The zero-order chi connectivity index (χ0) is 19.7. The van der Waals surface area contributed by atoms with Gasteiger partial charge in [0.2, 0.25) is 0 Å². The van der Waals surface area contributed by atoms with Crippen molar-refractivity contribution >= 4 is 5.91 Å². The number of hydrogen-bond donors (Lipinski definition) is 4. The van der Waals surface area contributed by atoms with E-state index < -0.39 is 23.2 Å². The molecule has 1 aromatic carbocycles. The number of likely N-dealkylation sites (tertiary alicyclic amines) is 1. The van der Waals surface area contributed by atoms with Gasteiger partial charge in [0.1, 0.15) is 18.0 Å². The molecular weight excluding hydrogens is 361 g/mol. The Kier molecular flexibility index (Phi) is 3.65. The highest BCUT2D eigenvalue weighted by molar-refractivity contribution is 5.91. The van der Waals surface area contributed by atoms with Crippen molar-refractivity contribution in [2.45, 2.75) is 54.7 Å². The van der Waals surface area contributed by atoms with Gasteiger partial charge in [-0.05, 0) is 61.9 Å². The molecule has 0 radical (unpaired) electrons. The van der Waals surface area contributed by atoms with Gasteiger partial charge in [-0.1, -0.05) is 12.6 Å². The minimum Gasteiger partial charge on any atom is -0.508 e. The molecule has 3 fully saturated rings. The number of aromatic hydroxyl groups is 1. The van der Waals surface area contributed by atoms with E-state index in [0.29, 0.717) is 51.0 Å². The predicted molar refractivity (Wildman–Crippen MR) is 101 cm³/mol. The molecule has 1 spiro atoms. The van der Waals surface area contributed by atoms with E-state index in [1.807, 2.05) is 6.07 Å². The number of amides is 1. The summed E-state index contributed by atoms with van der Waals surface area (Å²) in [4.78, 5) is 14.9. The molecule has 2 saturated heterocycles. The van der Waals surface area contributed by atoms with Crippen molar-refractivity contribution in [1.82, 2.24) is 15.5 Å². The van der Waals surface area contributed by atoms with Gasteiger partial charge >= 0.3 is 0 Å². The molecule has 7 heteroatoms. The summed E-state index contributed by atoms with van der Waals surface area (Å²) in [5, 5.41) is 28.3. The number of nitrogens with one attached hydrogen (secondary N) is 2. The highest BCUT2D eigenvalue weighted by Gasteiger charge is 2.68. The van der Waals surface area contributed by atoms with Gasteiger partial charge in [-0.2, -0.15) is 0 Å². The Morgan fingerprint density at radius 3 is 2.86 bits per heavy atom. The molecular formula is C21H26FN3O3. The summed E-state index contributed by atoms with van der Waals surface area (Å²) in [6.45, 7) is 4.36. The van der Waals surface area contributed by atoms with Crippen LogP contribution in [0.4, 0.5) is 4.39 Å². The van der Waals surface area contributed by atoms with E-state index in [2.05, 4.69) is 22.1 Å². The molecule has 1 amide bonds. The summed E-state index contributed by atoms with van der Waals surface area (Å²) >= 11 is 0. The Balaban J connectivity index is 1.68. The molecule has 28 heavy (non-hydrogen) atoms. The van der Waals surface area contributed by atoms with Crippen LogP contribution in [0.2, 0.25) is 0 Å². The van der Waals surface area contributed by atoms with Crippen molar-refractivity contribution < 1.29 is 19.4 Å². The molecule has 2 bridgehead atoms. The number of carbonyl (C=O) groups is 1. The van der Waals surface area contributed by atoms with E-state index in [-0.39, 0.29) is 17.7 Å². The van der Waals surface area contributed by atoms with Crippen LogP contribution in [-0.4, -0.2) is 58.0 Å². The van der Waals surface area contributed by atoms with Crippen LogP contribution < -0.4 is 10.6 Å². The number of carbonyl (C=O) groups excluding carboxylic acids is 1. The monoisotopic (exact) mass is 387 g/mol. The second-order valence-corrected chi connectivity index (χ2v) is 8.86. The number of aliphatic hydroxyl groups is 1. The fourth-order valence-electron chi connectivity index (χ4n) is 6.45. The first kappa shape index (κ1) is 17.9. The average molecular weight is 387 g/mol. The van der Waals surface area contributed by atoms with E-state index >= 15 is 0 Å². The number of piperidine rings is 1. The minimum absolute atomic E-state index is 0.107. The fraction of sp³-hybridized carbons (Fsp3) is 0.571. The summed E-state index contributed by atoms with van der Waals surface area (Å²) in [6, 6.07) is 5.12. The summed E-state index contributed by atoms with van der Waals surface area (Å²) in [7, 11) is 0. The smallest absolute Gasteiger partial charge is 0.251 e. The Bertz CT molecular complexity index is 876. The largest absolute Gasteiger partial charge is 0.508 e. The van der Waals surface area contributed by atoms with Crippen LogP contribution in [-0.2, 0) is 16.6 Å². The molecule has 150 valence electrons. The third-order valence-corrected chi connectivity index (χ3v) is 7.67. The number of nitrogens with zero attached hydrogens (tertiary/aromatic N) is 1. The second-order valence-electron chi connectivity index (χ2n) is 8.86. The topological polar surface area (TPSA) is 84.8 Å². The van der Waals surface area contributed by atoms with Gasteiger partial charge < -0.3 is 20.8 Å². The number of benzene rings is 1. The summed E-state index contributed by atoms with van der Waals surface area (Å²) < 4.78 is 13.2. The lowest BCUT2D eigenvalue weighted by atomic mass is 9.46. The fourth-order valence-corrected chi connectivity index (χ4v) is 6.45. The maximum atomic E-state index is 13.2. The van der Waals surface area contributed by atoms with Crippen molar-refractivity contribution in [3.8, 4) is 5.75 Å². The van der Waals surface area contributed by atoms with Crippen LogP contribution in [0.3, 0.4) is 0 Å². The zero-order valence-corrected chi connectivity index (χ0v) is 15.8. The third-order valence-electron chi connectivity index (χ3n) is 7.67. The Morgan fingerprint density at radius 1 is 1.32 bits per heavy atom. The number of halogens is 1. The van der Waals surface area contributed by atoms with Crippen LogP contribution in [0.1, 0.15) is 36.8 Å². The van der Waals surface area contributed by atoms with Crippen molar-refractivity contribution in [3.63, 3.8) is 0 Å². The van der Waals surface area contributed by atoms with Gasteiger partial charge in [0.05, 0.1) is 11.4 Å². The molecule has 2 aliphatic carbocycles. The van der Waals surface area contributed by atoms with Crippen LogP contribution in [0, 0.1) is 0 Å². The SMILES string of the molecule is C=C1NC(=O)[C@@]2(CC[C@@]3(O)[C@H]4Cc5ccc(O)cc5[C@@]3(CCN4CCF)C2)N1. The molecule has 4 aliphatic rings. The molecule has 1 aromatic rings. The second kappa shape index (κ2) is 5.70. The van der Waals surface area contributed by atoms with Crippen molar-refractivity contribution in [1.29, 1.82) is 0 Å². The van der Waals surface area contributed by atoms with Crippen LogP contribution in [0.15, 0.2) is 30.6 Å². The first-order valence-corrected chi connectivity index (χ1v) is 9.97. The van der Waals surface area contributed by atoms with Crippen LogP contribution >= 0.6 is 0 Å². The van der Waals surface area contributed by atoms with Gasteiger partial charge in [0, 0.05) is 18.0 Å². The highest BCUT2D eigenvalue weighted by atomic mass is 19.1. The average Bonchev–Trinajstić information content (AvgIpc) is 2.92. The number of hydrogen-bond acceptors (Lipinski definition) is 5. The van der Waals surface area contributed by atoms with Crippen LogP contribution in [0.5, 0.6) is 5.75 Å². The third kappa shape index (κ3) is 2.12. The molecule has 0 aromatic heterocycles. The summed E-state index contributed by atoms with van der Waals surface area (Å²) in [5.74, 6) is 0.544. The Hall–Kier alpha value is -2.12. The van der Waals surface area contributed by atoms with Gasteiger partial charge in [-0.25, -0.2) is 4.39 Å². The van der Waals surface area contributed by atoms with E-state index in [0.717, 1.165) is 11.1 Å². The highest BCUT2D eigenvalue weighted by Crippen LogP contribution is 2.60. The van der Waals surface area contributed by atoms with E-state index in [9.17, 15) is 19.4 Å². The summed E-state index contributed by atoms with van der Waals surface area (Å²) in [5.41, 5.74) is -0.568. The predicted octanol–water partition coefficient (Wildman–Crippen LogP) is 1.07. The normalized spacial score (nSPS) is 39.3. The Labute approximate surface area is 163 Å². The number of rotatable bonds is 2. The molecule has 2 aliphatic heterocycles. The van der Waals surface area contributed by atoms with Crippen molar-refractivity contribution in [3.05, 3.63) is 41.7 Å². The number of alkyl halides is 1. The van der Waals surface area contributed by atoms with E-state index in [1.54, 1.807) is 12.1 Å². The maximum absolute atomic E-state index is 13.2. The van der Waals surface area contributed by atoms with Gasteiger partial charge in [0.25, 0.3) is 5.91 Å². The molecule has 4 atom stereocenters. The van der Waals surface area contributed by atoms with Crippen molar-refractivity contribution in [2.24, 2.45) is 0 Å². The molecule has 1 saturated carbocycles. The van der Waals surface area contributed by atoms with Gasteiger partial charge in [-0.15, -0.1) is 0 Å². The van der Waals surface area contributed by atoms with E-state index in [4.69, 9.17) is 0 Å². The Morgan fingerprint density at radius 2 is 2.14 bits per heavy atom. The molecule has 2 heterocycles. The number of phenols is 1. The maximum Gasteiger partial charge on any atom is 0.251 e. The summed E-state index contributed by atoms with van der Waals surface area (Å²) in [6.07, 6.45) is 2.58. The minimum atomic E-state index is -1.07. The van der Waals surface area contributed by atoms with Crippen molar-refractivity contribution in [2.75, 3.05) is 19.8 Å². The lowest BCUT2D eigenvalue weighted by Crippen LogP contribution is -2.76. The molecule has 0 unspecified atom stereocenters. The lowest BCUT2D eigenvalue weighted by molar-refractivity contribution is -0.180. The van der Waals surface area contributed by atoms with Crippen LogP contribution in [0.25, 0.3) is 0 Å². The lowest BCUT2D eigenvalue weighted by Gasteiger charge is -2.65. The number of phenolic OH excluding ortho intramolecular Hbond substituents is 1. The molecule has 5 rings (SSSR count). The molecule has 4 N–H and O–H groups in total. The van der Waals surface area contributed by atoms with E-state index in [1.165, 1.54) is 0 Å². The van der Waals surface area contributed by atoms with Gasteiger partial charge in [0.15, 0.2) is 0 Å². The van der Waals surface area contributed by atoms with Gasteiger partial charge in [-0.3, -0.25) is 9.69 Å². The zero-order valence-electron chi connectivity index (χ0n) is 15.8. The standard InChI is InChI=1S/C21H26FN3O3/c1-13-23-18(27)20(24-13)4-5-21(28)17-10-14-2-3-15(26)11-16(14)19(21,12-20)6-8-25(17)9-7-22/h2-3,11,17,24,26,28H,1,4-10,12H2,(H,23,27)/t17-,19-,20+,21-/m1/s1. The molecule has 6 nitrogen and oxygen atoms in total. The first-order chi connectivity index (χ1) is 13.3. The quantitative estimate of drug-likeness (QED) is 0.610. The first-order valence-electron chi connectivity index (χ1n) is 9.97.